The van der Waals surface area contributed by atoms with Gasteiger partial charge in [-0.1, -0.05) is 0 Å². The number of hydrogen-bond donors (Lipinski definition) is 0. The van der Waals surface area contributed by atoms with Crippen molar-refractivity contribution in [1.29, 1.82) is 0 Å². The van der Waals surface area contributed by atoms with Gasteiger partial charge in [0, 0.05) is 46.3 Å². The van der Waals surface area contributed by atoms with Crippen LogP contribution in [0.4, 0.5) is 0 Å². The molecule has 0 aliphatic carbocycles. The molecule has 27 heavy (non-hydrogen) atoms. The normalized spacial score (nSPS) is 24.7. The number of piperidine rings is 1. The van der Waals surface area contributed by atoms with Crippen LogP contribution in [0.25, 0.3) is 0 Å². The molecular formula is C20H29N3O4. The Morgan fingerprint density at radius 2 is 2.07 bits per heavy atom. The van der Waals surface area contributed by atoms with Crippen molar-refractivity contribution in [3.63, 3.8) is 0 Å². The second kappa shape index (κ2) is 7.56. The summed E-state index contributed by atoms with van der Waals surface area (Å²) in [5, 5.41) is 0. The topological polar surface area (TPSA) is 54.5 Å². The molecule has 4 aliphatic rings. The van der Waals surface area contributed by atoms with Crippen molar-refractivity contribution in [3.05, 3.63) is 17.7 Å². The first-order chi connectivity index (χ1) is 13.0. The van der Waals surface area contributed by atoms with Gasteiger partial charge in [0.2, 0.25) is 18.4 Å². The fourth-order valence-electron chi connectivity index (χ4n) is 4.44. The number of carbonyl (C=O) groups is 1. The maximum Gasteiger partial charge on any atom is 0.236 e. The summed E-state index contributed by atoms with van der Waals surface area (Å²) < 4.78 is 16.6. The van der Waals surface area contributed by atoms with Crippen LogP contribution in [0.5, 0.6) is 17.2 Å². The molecule has 0 spiro atoms. The standard InChI is InChI=1S/C20H29N3O4/c1-21(2)19(24)12-22-8-14-4-5-16(11-22)23(9-14)10-15-6-17(25-3)20-18(7-15)26-13-27-20/h6-7,14,16H,4-5,8-13H2,1-3H3/t14-,16+/m0/s1. The van der Waals surface area contributed by atoms with Crippen molar-refractivity contribution in [2.45, 2.75) is 25.4 Å². The van der Waals surface area contributed by atoms with E-state index in [0.29, 0.717) is 24.3 Å². The summed E-state index contributed by atoms with van der Waals surface area (Å²) >= 11 is 0. The zero-order chi connectivity index (χ0) is 19.0. The van der Waals surface area contributed by atoms with Gasteiger partial charge in [-0.2, -0.15) is 0 Å². The lowest BCUT2D eigenvalue weighted by atomic mass is 9.94. The Labute approximate surface area is 160 Å². The summed E-state index contributed by atoms with van der Waals surface area (Å²) in [7, 11) is 5.32. The molecule has 3 saturated heterocycles. The van der Waals surface area contributed by atoms with E-state index in [9.17, 15) is 4.79 Å². The third kappa shape index (κ3) is 3.84. The highest BCUT2D eigenvalue weighted by Crippen LogP contribution is 2.42. The summed E-state index contributed by atoms with van der Waals surface area (Å²) in [6, 6.07) is 4.60. The highest BCUT2D eigenvalue weighted by molar-refractivity contribution is 5.77. The highest BCUT2D eigenvalue weighted by atomic mass is 16.7. The molecule has 7 heteroatoms. The van der Waals surface area contributed by atoms with Gasteiger partial charge < -0.3 is 19.1 Å². The first-order valence-electron chi connectivity index (χ1n) is 9.66. The van der Waals surface area contributed by atoms with E-state index in [1.54, 1.807) is 12.0 Å². The molecule has 4 heterocycles. The van der Waals surface area contributed by atoms with Crippen molar-refractivity contribution in [2.75, 3.05) is 54.2 Å². The minimum Gasteiger partial charge on any atom is -0.493 e. The van der Waals surface area contributed by atoms with Crippen LogP contribution < -0.4 is 14.2 Å². The molecule has 0 unspecified atom stereocenters. The van der Waals surface area contributed by atoms with Gasteiger partial charge in [-0.15, -0.1) is 0 Å². The summed E-state index contributed by atoms with van der Waals surface area (Å²) in [5.74, 6) is 3.01. The van der Waals surface area contributed by atoms with Gasteiger partial charge in [-0.25, -0.2) is 0 Å². The molecular weight excluding hydrogens is 346 g/mol. The van der Waals surface area contributed by atoms with E-state index in [2.05, 4.69) is 21.9 Å². The first kappa shape index (κ1) is 18.4. The number of benzene rings is 1. The van der Waals surface area contributed by atoms with E-state index >= 15 is 0 Å². The Bertz CT molecular complexity index is 709. The second-order valence-corrected chi connectivity index (χ2v) is 8.04. The van der Waals surface area contributed by atoms with E-state index in [1.165, 1.54) is 18.4 Å². The summed E-state index contributed by atoms with van der Waals surface area (Å²) in [5.41, 5.74) is 1.18. The number of methoxy groups -OCH3 is 1. The van der Waals surface area contributed by atoms with Crippen LogP contribution in [-0.2, 0) is 11.3 Å². The Kier molecular flexibility index (Phi) is 5.14. The van der Waals surface area contributed by atoms with Crippen molar-refractivity contribution < 1.29 is 19.0 Å². The number of amides is 1. The Morgan fingerprint density at radius 1 is 1.22 bits per heavy atom. The molecule has 2 bridgehead atoms. The maximum absolute atomic E-state index is 12.1. The minimum absolute atomic E-state index is 0.184. The number of hydrogen-bond acceptors (Lipinski definition) is 6. The van der Waals surface area contributed by atoms with Gasteiger partial charge in [0.25, 0.3) is 0 Å². The molecule has 2 atom stereocenters. The lowest BCUT2D eigenvalue weighted by Gasteiger charge is -2.36. The zero-order valence-electron chi connectivity index (χ0n) is 16.4. The third-order valence-corrected chi connectivity index (χ3v) is 5.86. The molecule has 5 rings (SSSR count). The molecule has 3 fully saturated rings. The van der Waals surface area contributed by atoms with Gasteiger partial charge in [0.05, 0.1) is 13.7 Å². The van der Waals surface area contributed by atoms with Gasteiger partial charge in [-0.05, 0) is 36.5 Å². The molecule has 0 radical (unpaired) electrons. The van der Waals surface area contributed by atoms with Crippen LogP contribution in [0.15, 0.2) is 12.1 Å². The van der Waals surface area contributed by atoms with Gasteiger partial charge in [0.1, 0.15) is 0 Å². The summed E-state index contributed by atoms with van der Waals surface area (Å²) in [6.07, 6.45) is 2.44. The van der Waals surface area contributed by atoms with Gasteiger partial charge in [-0.3, -0.25) is 14.6 Å². The van der Waals surface area contributed by atoms with E-state index in [0.717, 1.165) is 37.7 Å². The number of likely N-dealkylation sites (N-methyl/N-ethyl adjacent to an activating group) is 1. The van der Waals surface area contributed by atoms with Crippen LogP contribution in [0.1, 0.15) is 18.4 Å². The van der Waals surface area contributed by atoms with Crippen molar-refractivity contribution in [1.82, 2.24) is 14.7 Å². The fraction of sp³-hybridized carbons (Fsp3) is 0.650. The van der Waals surface area contributed by atoms with Gasteiger partial charge in [0.15, 0.2) is 11.5 Å². The smallest absolute Gasteiger partial charge is 0.236 e. The SMILES string of the molecule is COc1cc(CN2C[C@H]3CC[C@@H]2CN(CC(=O)N(C)C)C3)cc2c1OCO2. The number of carbonyl (C=O) groups excluding carboxylic acids is 1. The number of fused-ring (bicyclic) bond motifs is 5. The highest BCUT2D eigenvalue weighted by Gasteiger charge is 2.35. The van der Waals surface area contributed by atoms with Crippen molar-refractivity contribution >= 4 is 5.91 Å². The minimum atomic E-state index is 0.184. The molecule has 4 aliphatic heterocycles. The zero-order valence-corrected chi connectivity index (χ0v) is 16.4. The summed E-state index contributed by atoms with van der Waals surface area (Å²) in [4.78, 5) is 18.7. The molecule has 7 nitrogen and oxygen atoms in total. The fourth-order valence-corrected chi connectivity index (χ4v) is 4.44. The number of nitrogens with zero attached hydrogens (tertiary/aromatic N) is 3. The predicted molar refractivity (Wildman–Crippen MR) is 101 cm³/mol. The molecule has 148 valence electrons. The second-order valence-electron chi connectivity index (χ2n) is 8.04. The van der Waals surface area contributed by atoms with Crippen LogP contribution in [0.2, 0.25) is 0 Å². The lowest BCUT2D eigenvalue weighted by Crippen LogP contribution is -2.44. The molecule has 1 aromatic carbocycles. The van der Waals surface area contributed by atoms with Gasteiger partial charge >= 0.3 is 0 Å². The number of rotatable bonds is 5. The molecule has 0 saturated carbocycles. The Morgan fingerprint density at radius 3 is 2.85 bits per heavy atom. The molecule has 1 aromatic rings. The maximum atomic E-state index is 12.1. The largest absolute Gasteiger partial charge is 0.493 e. The van der Waals surface area contributed by atoms with E-state index in [-0.39, 0.29) is 12.7 Å². The van der Waals surface area contributed by atoms with Crippen LogP contribution >= 0.6 is 0 Å². The first-order valence-corrected chi connectivity index (χ1v) is 9.66. The lowest BCUT2D eigenvalue weighted by molar-refractivity contribution is -0.130. The quantitative estimate of drug-likeness (QED) is 0.776. The molecule has 0 N–H and O–H groups in total. The number of ether oxygens (including phenoxy) is 3. The summed E-state index contributed by atoms with van der Waals surface area (Å²) in [6.45, 7) is 4.68. The van der Waals surface area contributed by atoms with Crippen LogP contribution in [0.3, 0.4) is 0 Å². The Hall–Kier alpha value is -1.99. The predicted octanol–water partition coefficient (Wildman–Crippen LogP) is 1.41. The average molecular weight is 375 g/mol. The van der Waals surface area contributed by atoms with E-state index in [4.69, 9.17) is 14.2 Å². The Balaban J connectivity index is 1.47. The monoisotopic (exact) mass is 375 g/mol. The molecule has 0 aromatic heterocycles. The van der Waals surface area contributed by atoms with Crippen molar-refractivity contribution in [2.24, 2.45) is 5.92 Å². The molecule has 1 amide bonds. The third-order valence-electron chi connectivity index (χ3n) is 5.86. The average Bonchev–Trinajstić information content (AvgIpc) is 2.95. The van der Waals surface area contributed by atoms with Crippen molar-refractivity contribution in [3.8, 4) is 17.2 Å². The van der Waals surface area contributed by atoms with E-state index in [1.807, 2.05) is 14.1 Å². The van der Waals surface area contributed by atoms with E-state index < -0.39 is 0 Å². The van der Waals surface area contributed by atoms with Crippen LogP contribution in [-0.4, -0.2) is 80.8 Å². The van der Waals surface area contributed by atoms with Crippen LogP contribution in [0, 0.1) is 5.92 Å².